The topological polar surface area (TPSA) is 26.0 Å². The first-order chi connectivity index (χ1) is 6.85. The number of alkyl halides is 1. The zero-order chi connectivity index (χ0) is 9.86. The van der Waals surface area contributed by atoms with Crippen LogP contribution in [0.2, 0.25) is 0 Å². The summed E-state index contributed by atoms with van der Waals surface area (Å²) in [5.74, 6) is 1.12. The molecular weight excluding hydrogens is 262 g/mol. The molecule has 1 fully saturated rings. The lowest BCUT2D eigenvalue weighted by Gasteiger charge is -2.24. The Bertz CT molecular complexity index is 270. The smallest absolute Gasteiger partial charge is 0.255 e. The Labute approximate surface area is 97.0 Å². The van der Waals surface area contributed by atoms with E-state index in [1.165, 1.54) is 25.7 Å². The van der Waals surface area contributed by atoms with Gasteiger partial charge in [0.1, 0.15) is 6.26 Å². The number of nitrogens with zero attached hydrogens (tertiary/aromatic N) is 1. The molecule has 0 saturated heterocycles. The molecule has 0 bridgehead atoms. The van der Waals surface area contributed by atoms with Crippen molar-refractivity contribution in [2.75, 3.05) is 11.1 Å². The average molecular weight is 276 g/mol. The van der Waals surface area contributed by atoms with Crippen LogP contribution in [-0.2, 0) is 0 Å². The molecule has 2 rings (SSSR count). The van der Waals surface area contributed by atoms with Crippen molar-refractivity contribution in [2.24, 2.45) is 5.41 Å². The van der Waals surface area contributed by atoms with Crippen molar-refractivity contribution in [2.45, 2.75) is 30.9 Å². The van der Waals surface area contributed by atoms with Crippen molar-refractivity contribution in [1.82, 2.24) is 4.98 Å². The lowest BCUT2D eigenvalue weighted by Crippen LogP contribution is -2.21. The molecule has 0 atom stereocenters. The summed E-state index contributed by atoms with van der Waals surface area (Å²) in [6, 6.07) is 0. The van der Waals surface area contributed by atoms with Crippen LogP contribution in [0.25, 0.3) is 0 Å². The number of thioether (sulfide) groups is 1. The third kappa shape index (κ3) is 2.34. The highest BCUT2D eigenvalue weighted by atomic mass is 79.9. The molecule has 0 aliphatic heterocycles. The molecule has 0 radical (unpaired) electrons. The van der Waals surface area contributed by atoms with E-state index in [0.29, 0.717) is 5.41 Å². The van der Waals surface area contributed by atoms with Gasteiger partial charge in [-0.3, -0.25) is 0 Å². The summed E-state index contributed by atoms with van der Waals surface area (Å²) in [5, 5.41) is 1.91. The summed E-state index contributed by atoms with van der Waals surface area (Å²) >= 11 is 5.37. The Balaban J connectivity index is 1.89. The molecule has 1 aromatic rings. The Morgan fingerprint density at radius 1 is 1.50 bits per heavy atom. The van der Waals surface area contributed by atoms with Gasteiger partial charge >= 0.3 is 0 Å². The highest BCUT2D eigenvalue weighted by molar-refractivity contribution is 9.09. The Morgan fingerprint density at radius 3 is 2.86 bits per heavy atom. The van der Waals surface area contributed by atoms with Gasteiger partial charge in [0.05, 0.1) is 6.20 Å². The number of aromatic nitrogens is 1. The first kappa shape index (κ1) is 10.6. The summed E-state index contributed by atoms with van der Waals surface area (Å²) < 4.78 is 5.22. The molecule has 1 saturated carbocycles. The van der Waals surface area contributed by atoms with Crippen LogP contribution in [0.5, 0.6) is 0 Å². The van der Waals surface area contributed by atoms with Gasteiger partial charge in [-0.15, -0.1) is 0 Å². The second-order valence-electron chi connectivity index (χ2n) is 3.93. The molecule has 2 nitrogen and oxygen atoms in total. The van der Waals surface area contributed by atoms with Gasteiger partial charge in [-0.2, -0.15) is 0 Å². The number of oxazole rings is 1. The normalized spacial score (nSPS) is 20.1. The van der Waals surface area contributed by atoms with E-state index < -0.39 is 0 Å². The van der Waals surface area contributed by atoms with Crippen LogP contribution in [-0.4, -0.2) is 16.1 Å². The summed E-state index contributed by atoms with van der Waals surface area (Å²) in [7, 11) is 0. The van der Waals surface area contributed by atoms with E-state index in [4.69, 9.17) is 4.42 Å². The lowest BCUT2D eigenvalue weighted by atomic mass is 9.92. The molecule has 1 aliphatic rings. The summed E-state index contributed by atoms with van der Waals surface area (Å²) in [6.45, 7) is 0. The zero-order valence-corrected chi connectivity index (χ0v) is 10.4. The minimum atomic E-state index is 0.485. The molecule has 0 aromatic carbocycles. The number of hydrogen-bond acceptors (Lipinski definition) is 3. The van der Waals surface area contributed by atoms with E-state index >= 15 is 0 Å². The summed E-state index contributed by atoms with van der Waals surface area (Å²) in [6.07, 6.45) is 8.77. The number of hydrogen-bond donors (Lipinski definition) is 0. The molecule has 0 unspecified atom stereocenters. The quantitative estimate of drug-likeness (QED) is 0.619. The minimum Gasteiger partial charge on any atom is -0.440 e. The van der Waals surface area contributed by atoms with Gasteiger partial charge in [0.15, 0.2) is 0 Å². The Kier molecular flexibility index (Phi) is 3.55. The maximum atomic E-state index is 5.22. The van der Waals surface area contributed by atoms with E-state index in [0.717, 1.165) is 16.3 Å². The third-order valence-corrected chi connectivity index (χ3v) is 5.25. The molecule has 1 aliphatic carbocycles. The number of rotatable bonds is 4. The van der Waals surface area contributed by atoms with Gasteiger partial charge in [0, 0.05) is 11.1 Å². The fourth-order valence-corrected chi connectivity index (χ4v) is 4.04. The molecule has 78 valence electrons. The fourth-order valence-electron chi connectivity index (χ4n) is 1.94. The van der Waals surface area contributed by atoms with Gasteiger partial charge in [0.25, 0.3) is 5.22 Å². The van der Waals surface area contributed by atoms with E-state index in [-0.39, 0.29) is 0 Å². The van der Waals surface area contributed by atoms with Gasteiger partial charge in [0.2, 0.25) is 0 Å². The van der Waals surface area contributed by atoms with Crippen molar-refractivity contribution in [3.63, 3.8) is 0 Å². The van der Waals surface area contributed by atoms with E-state index in [2.05, 4.69) is 20.9 Å². The monoisotopic (exact) mass is 275 g/mol. The second-order valence-corrected chi connectivity index (χ2v) is 5.41. The minimum absolute atomic E-state index is 0.485. The van der Waals surface area contributed by atoms with Crippen molar-refractivity contribution in [3.05, 3.63) is 12.5 Å². The average Bonchev–Trinajstić information content (AvgIpc) is 2.87. The summed E-state index contributed by atoms with van der Waals surface area (Å²) in [5.41, 5.74) is 0.485. The van der Waals surface area contributed by atoms with Crippen molar-refractivity contribution < 1.29 is 4.42 Å². The first-order valence-corrected chi connectivity index (χ1v) is 7.04. The first-order valence-electron chi connectivity index (χ1n) is 4.93. The Morgan fingerprint density at radius 2 is 2.29 bits per heavy atom. The zero-order valence-electron chi connectivity index (χ0n) is 8.04. The van der Waals surface area contributed by atoms with Gasteiger partial charge < -0.3 is 4.42 Å². The van der Waals surface area contributed by atoms with Crippen LogP contribution in [0, 0.1) is 5.41 Å². The molecular formula is C10H14BrNOS. The number of halogens is 1. The molecule has 14 heavy (non-hydrogen) atoms. The van der Waals surface area contributed by atoms with E-state index in [1.807, 2.05) is 0 Å². The van der Waals surface area contributed by atoms with Crippen LogP contribution in [0.3, 0.4) is 0 Å². The van der Waals surface area contributed by atoms with E-state index in [9.17, 15) is 0 Å². The van der Waals surface area contributed by atoms with E-state index in [1.54, 1.807) is 24.2 Å². The molecule has 0 amide bonds. The standard InChI is InChI=1S/C10H14BrNOS/c11-7-10(3-1-2-4-10)8-14-9-12-5-6-13-9/h5-6H,1-4,7-8H2. The van der Waals surface area contributed by atoms with Crippen molar-refractivity contribution in [3.8, 4) is 0 Å². The van der Waals surface area contributed by atoms with Crippen LogP contribution in [0.1, 0.15) is 25.7 Å². The maximum absolute atomic E-state index is 5.22. The van der Waals surface area contributed by atoms with Gasteiger partial charge in [-0.25, -0.2) is 4.98 Å². The highest BCUT2D eigenvalue weighted by Gasteiger charge is 2.33. The highest BCUT2D eigenvalue weighted by Crippen LogP contribution is 2.43. The largest absolute Gasteiger partial charge is 0.440 e. The molecule has 0 N–H and O–H groups in total. The molecule has 1 heterocycles. The van der Waals surface area contributed by atoms with Gasteiger partial charge in [-0.1, -0.05) is 40.5 Å². The summed E-state index contributed by atoms with van der Waals surface area (Å²) in [4.78, 5) is 4.12. The Hall–Kier alpha value is 0.0400. The molecule has 4 heteroatoms. The van der Waals surface area contributed by atoms with Crippen LogP contribution in [0.4, 0.5) is 0 Å². The lowest BCUT2D eigenvalue weighted by molar-refractivity contribution is 0.400. The fraction of sp³-hybridized carbons (Fsp3) is 0.700. The van der Waals surface area contributed by atoms with Gasteiger partial charge in [-0.05, 0) is 18.3 Å². The third-order valence-electron chi connectivity index (χ3n) is 2.86. The van der Waals surface area contributed by atoms with Crippen LogP contribution >= 0.6 is 27.7 Å². The SMILES string of the molecule is BrCC1(CSc2ncco2)CCCC1. The van der Waals surface area contributed by atoms with Crippen LogP contribution < -0.4 is 0 Å². The van der Waals surface area contributed by atoms with Crippen LogP contribution in [0.15, 0.2) is 22.1 Å². The van der Waals surface area contributed by atoms with Crippen molar-refractivity contribution >= 4 is 27.7 Å². The predicted octanol–water partition coefficient (Wildman–Crippen LogP) is 3.72. The second kappa shape index (κ2) is 4.71. The molecule has 0 spiro atoms. The van der Waals surface area contributed by atoms with Crippen molar-refractivity contribution in [1.29, 1.82) is 0 Å². The predicted molar refractivity (Wildman–Crippen MR) is 61.9 cm³/mol. The molecule has 1 aromatic heterocycles. The maximum Gasteiger partial charge on any atom is 0.255 e.